The first-order valence-corrected chi connectivity index (χ1v) is 9.70. The van der Waals surface area contributed by atoms with E-state index >= 15 is 0 Å². The first-order chi connectivity index (χ1) is 13.4. The molecule has 0 radical (unpaired) electrons. The van der Waals surface area contributed by atoms with E-state index in [9.17, 15) is 14.3 Å². The predicted octanol–water partition coefficient (Wildman–Crippen LogP) is 4.19. The molecule has 3 aromatic rings. The number of hydrogen-bond acceptors (Lipinski definition) is 6. The Balaban J connectivity index is 1.76. The number of carbonyl (C=O) groups is 1. The first-order valence-electron chi connectivity index (χ1n) is 8.88. The number of aryl methyl sites for hydroxylation is 3. The largest absolute Gasteiger partial charge is 0.508 e. The summed E-state index contributed by atoms with van der Waals surface area (Å²) >= 11 is 1.19. The minimum absolute atomic E-state index is 0.128. The molecule has 0 aliphatic carbocycles. The van der Waals surface area contributed by atoms with Crippen LogP contribution in [0.25, 0.3) is 0 Å². The summed E-state index contributed by atoms with van der Waals surface area (Å²) < 4.78 is 14.1. The van der Waals surface area contributed by atoms with E-state index in [4.69, 9.17) is 0 Å². The van der Waals surface area contributed by atoms with Crippen LogP contribution >= 0.6 is 11.3 Å². The molecule has 9 heteroatoms. The van der Waals surface area contributed by atoms with Crippen molar-refractivity contribution in [2.45, 2.75) is 33.7 Å². The highest BCUT2D eigenvalue weighted by atomic mass is 32.1. The topological polar surface area (TPSA) is 92.1 Å². The monoisotopic (exact) mass is 403 g/mol. The molecule has 148 valence electrons. The maximum atomic E-state index is 12.6. The second kappa shape index (κ2) is 8.39. The highest BCUT2D eigenvalue weighted by Gasteiger charge is 2.16. The van der Waals surface area contributed by atoms with Crippen molar-refractivity contribution in [1.82, 2.24) is 14.8 Å². The quantitative estimate of drug-likeness (QED) is 0.550. The molecule has 0 aliphatic heterocycles. The number of amides is 1. The molecule has 0 fully saturated rings. The third-order valence-corrected chi connectivity index (χ3v) is 5.28. The van der Waals surface area contributed by atoms with Gasteiger partial charge in [0, 0.05) is 17.3 Å². The Morgan fingerprint density at radius 3 is 2.86 bits per heavy atom. The van der Waals surface area contributed by atoms with E-state index in [1.165, 1.54) is 17.5 Å². The van der Waals surface area contributed by atoms with Gasteiger partial charge in [0.1, 0.15) is 17.3 Å². The Hall–Kier alpha value is -2.94. The number of carbonyl (C=O) groups excluding carboxylic acids is 1. The van der Waals surface area contributed by atoms with Crippen LogP contribution in [0.15, 0.2) is 24.5 Å². The van der Waals surface area contributed by atoms with Gasteiger partial charge in [0.05, 0.1) is 18.4 Å². The highest BCUT2D eigenvalue weighted by Crippen LogP contribution is 2.30. The molecule has 2 aromatic heterocycles. The van der Waals surface area contributed by atoms with Crippen molar-refractivity contribution in [3.8, 4) is 5.75 Å². The molecule has 0 aliphatic rings. The number of aromatic nitrogens is 3. The van der Waals surface area contributed by atoms with Crippen molar-refractivity contribution in [1.29, 1.82) is 0 Å². The van der Waals surface area contributed by atoms with Gasteiger partial charge in [0.2, 0.25) is 0 Å². The summed E-state index contributed by atoms with van der Waals surface area (Å²) in [5.41, 5.74) is 3.01. The minimum Gasteiger partial charge on any atom is -0.508 e. The molecule has 0 unspecified atom stereocenters. The molecule has 0 spiro atoms. The van der Waals surface area contributed by atoms with Crippen molar-refractivity contribution in [2.24, 2.45) is 0 Å². The van der Waals surface area contributed by atoms with Gasteiger partial charge < -0.3 is 15.7 Å². The normalized spacial score (nSPS) is 10.9. The van der Waals surface area contributed by atoms with E-state index in [0.29, 0.717) is 27.1 Å². The molecule has 3 rings (SSSR count). The van der Waals surface area contributed by atoms with Crippen LogP contribution in [0.4, 0.5) is 21.0 Å². The molecule has 2 heterocycles. The zero-order valence-corrected chi connectivity index (χ0v) is 16.7. The second-order valence-corrected chi connectivity index (χ2v) is 7.35. The number of thiazole rings is 1. The van der Waals surface area contributed by atoms with Crippen molar-refractivity contribution in [3.05, 3.63) is 46.1 Å². The van der Waals surface area contributed by atoms with Crippen LogP contribution in [0.3, 0.4) is 0 Å². The van der Waals surface area contributed by atoms with Gasteiger partial charge in [-0.05, 0) is 31.9 Å². The number of hydrogen-bond donors (Lipinski definition) is 3. The Bertz CT molecular complexity index is 998. The molecule has 7 nitrogen and oxygen atoms in total. The molecular weight excluding hydrogens is 381 g/mol. The summed E-state index contributed by atoms with van der Waals surface area (Å²) in [5.74, 6) is 0.432. The van der Waals surface area contributed by atoms with Gasteiger partial charge in [0.25, 0.3) is 5.91 Å². The lowest BCUT2D eigenvalue weighted by Gasteiger charge is -2.11. The molecular formula is C19H22FN5O2S. The third kappa shape index (κ3) is 4.14. The molecule has 0 saturated heterocycles. The highest BCUT2D eigenvalue weighted by molar-refractivity contribution is 7.17. The van der Waals surface area contributed by atoms with Crippen LogP contribution in [-0.4, -0.2) is 32.5 Å². The van der Waals surface area contributed by atoms with Crippen molar-refractivity contribution in [3.63, 3.8) is 0 Å². The van der Waals surface area contributed by atoms with Crippen LogP contribution in [0, 0.1) is 13.8 Å². The maximum Gasteiger partial charge on any atom is 0.267 e. The number of phenolic OH excluding ortho intramolecular Hbond substituents is 1. The number of aromatic hydroxyl groups is 1. The minimum atomic E-state index is -0.486. The lowest BCUT2D eigenvalue weighted by Crippen LogP contribution is -2.12. The summed E-state index contributed by atoms with van der Waals surface area (Å²) in [6, 6.07) is 3.35. The lowest BCUT2D eigenvalue weighted by atomic mass is 10.1. The summed E-state index contributed by atoms with van der Waals surface area (Å²) in [6.45, 7) is 5.31. The van der Waals surface area contributed by atoms with Gasteiger partial charge in [-0.2, -0.15) is 5.10 Å². The number of anilines is 3. The molecule has 0 saturated carbocycles. The van der Waals surface area contributed by atoms with E-state index in [0.717, 1.165) is 17.5 Å². The third-order valence-electron chi connectivity index (χ3n) is 4.37. The number of nitrogens with zero attached hydrogens (tertiary/aromatic N) is 3. The van der Waals surface area contributed by atoms with Crippen LogP contribution in [0.1, 0.15) is 33.3 Å². The fraction of sp³-hybridized carbons (Fsp3) is 0.316. The molecule has 0 bridgehead atoms. The van der Waals surface area contributed by atoms with Crippen molar-refractivity contribution in [2.75, 3.05) is 17.3 Å². The average molecular weight is 403 g/mol. The van der Waals surface area contributed by atoms with E-state index in [1.54, 1.807) is 29.9 Å². The van der Waals surface area contributed by atoms with Crippen molar-refractivity contribution >= 4 is 33.9 Å². The average Bonchev–Trinajstić information content (AvgIpc) is 3.29. The SMILES string of the molecule is CCc1cn(CCF)nc1Nc1ncc(C(=O)Nc2c(C)ccc(O)c2C)s1. The number of phenols is 1. The molecule has 0 atom stereocenters. The number of benzene rings is 1. The molecule has 1 amide bonds. The standard InChI is InChI=1S/C19H22FN5O2S/c1-4-13-10-25(8-7-20)24-17(13)23-19-21-9-15(28-19)18(27)22-16-11(2)5-6-14(26)12(16)3/h5-6,9-10,26H,4,7-8H2,1-3H3,(H,22,27)(H,21,23,24). The molecule has 1 aromatic carbocycles. The van der Waals surface area contributed by atoms with Crippen molar-refractivity contribution < 1.29 is 14.3 Å². The summed E-state index contributed by atoms with van der Waals surface area (Å²) in [4.78, 5) is 17.3. The van der Waals surface area contributed by atoms with E-state index < -0.39 is 6.67 Å². The number of halogens is 1. The summed E-state index contributed by atoms with van der Waals surface area (Å²) in [6.07, 6.45) is 4.03. The smallest absolute Gasteiger partial charge is 0.267 e. The number of alkyl halides is 1. The summed E-state index contributed by atoms with van der Waals surface area (Å²) in [5, 5.41) is 20.7. The summed E-state index contributed by atoms with van der Waals surface area (Å²) in [7, 11) is 0. The van der Waals surface area contributed by atoms with Gasteiger partial charge in [-0.3, -0.25) is 9.48 Å². The van der Waals surface area contributed by atoms with Gasteiger partial charge >= 0.3 is 0 Å². The Morgan fingerprint density at radius 2 is 2.14 bits per heavy atom. The van der Waals surface area contributed by atoms with Crippen LogP contribution in [0.2, 0.25) is 0 Å². The van der Waals surface area contributed by atoms with E-state index in [2.05, 4.69) is 20.7 Å². The number of rotatable bonds is 7. The van der Waals surface area contributed by atoms with E-state index in [1.807, 2.05) is 13.8 Å². The second-order valence-electron chi connectivity index (χ2n) is 6.32. The Labute approximate surface area is 166 Å². The van der Waals surface area contributed by atoms with Gasteiger partial charge in [-0.1, -0.05) is 24.3 Å². The van der Waals surface area contributed by atoms with E-state index in [-0.39, 0.29) is 18.2 Å². The van der Waals surface area contributed by atoms with Gasteiger partial charge in [0.15, 0.2) is 10.9 Å². The zero-order valence-electron chi connectivity index (χ0n) is 15.9. The zero-order chi connectivity index (χ0) is 20.3. The lowest BCUT2D eigenvalue weighted by molar-refractivity contribution is 0.103. The fourth-order valence-corrected chi connectivity index (χ4v) is 3.48. The molecule has 28 heavy (non-hydrogen) atoms. The maximum absolute atomic E-state index is 12.6. The van der Waals surface area contributed by atoms with Crippen LogP contribution in [0.5, 0.6) is 5.75 Å². The number of nitrogens with one attached hydrogen (secondary N) is 2. The van der Waals surface area contributed by atoms with Gasteiger partial charge in [-0.25, -0.2) is 9.37 Å². The predicted molar refractivity (Wildman–Crippen MR) is 109 cm³/mol. The Morgan fingerprint density at radius 1 is 1.36 bits per heavy atom. The van der Waals surface area contributed by atoms with Crippen LogP contribution in [-0.2, 0) is 13.0 Å². The fourth-order valence-electron chi connectivity index (χ4n) is 2.77. The molecule has 3 N–H and O–H groups in total. The van der Waals surface area contributed by atoms with Gasteiger partial charge in [-0.15, -0.1) is 0 Å². The van der Waals surface area contributed by atoms with Crippen LogP contribution < -0.4 is 10.6 Å². The Kier molecular flexibility index (Phi) is 5.93. The first kappa shape index (κ1) is 19.8.